The second kappa shape index (κ2) is 9.82. The summed E-state index contributed by atoms with van der Waals surface area (Å²) in [7, 11) is 0. The summed E-state index contributed by atoms with van der Waals surface area (Å²) in [6.45, 7) is 0.228. The second-order valence-electron chi connectivity index (χ2n) is 7.18. The van der Waals surface area contributed by atoms with Crippen LogP contribution in [0.5, 0.6) is 5.75 Å². The molecule has 1 unspecified atom stereocenters. The number of hydrogen-bond acceptors (Lipinski definition) is 6. The fourth-order valence-corrected chi connectivity index (χ4v) is 4.87. The van der Waals surface area contributed by atoms with Crippen LogP contribution in [-0.2, 0) is 0 Å². The zero-order chi connectivity index (χ0) is 20.1. The smallest absolute Gasteiger partial charge is 0.200 e. The number of aromatic nitrogens is 3. The van der Waals surface area contributed by atoms with Crippen molar-refractivity contribution >= 4 is 27.7 Å². The summed E-state index contributed by atoms with van der Waals surface area (Å²) in [6.07, 6.45) is 7.00. The van der Waals surface area contributed by atoms with Gasteiger partial charge in [-0.25, -0.2) is 0 Å². The maximum Gasteiger partial charge on any atom is 0.200 e. The molecule has 29 heavy (non-hydrogen) atoms. The molecule has 1 aromatic carbocycles. The molecule has 0 aliphatic heterocycles. The molecule has 1 aliphatic carbocycles. The third kappa shape index (κ3) is 5.24. The molecule has 0 saturated heterocycles. The fraction of sp³-hybridized carbons (Fsp3) is 0.429. The van der Waals surface area contributed by atoms with E-state index in [1.807, 2.05) is 36.4 Å². The molecule has 1 N–H and O–H groups in total. The van der Waals surface area contributed by atoms with Gasteiger partial charge in [0, 0.05) is 16.3 Å². The number of ether oxygens (including phenoxy) is 1. The Morgan fingerprint density at radius 2 is 2.07 bits per heavy atom. The molecular weight excluding hydrogens is 454 g/mol. The maximum absolute atomic E-state index is 10.4. The molecule has 3 aromatic rings. The van der Waals surface area contributed by atoms with Crippen LogP contribution in [0.3, 0.4) is 0 Å². The topological polar surface area (TPSA) is 73.3 Å². The zero-order valence-corrected chi connectivity index (χ0v) is 18.4. The molecule has 8 heteroatoms. The van der Waals surface area contributed by atoms with Crippen LogP contribution in [0.25, 0.3) is 11.6 Å². The van der Waals surface area contributed by atoms with Crippen LogP contribution in [-0.4, -0.2) is 38.3 Å². The Morgan fingerprint density at radius 1 is 1.21 bits per heavy atom. The monoisotopic (exact) mass is 477 g/mol. The van der Waals surface area contributed by atoms with Crippen LogP contribution in [0.15, 0.2) is 56.7 Å². The minimum absolute atomic E-state index is 0.228. The van der Waals surface area contributed by atoms with Gasteiger partial charge < -0.3 is 14.3 Å². The van der Waals surface area contributed by atoms with Gasteiger partial charge in [-0.2, -0.15) is 0 Å². The summed E-state index contributed by atoms with van der Waals surface area (Å²) >= 11 is 4.94. The predicted molar refractivity (Wildman–Crippen MR) is 116 cm³/mol. The van der Waals surface area contributed by atoms with Gasteiger partial charge in [0.05, 0.1) is 12.4 Å². The van der Waals surface area contributed by atoms with Crippen LogP contribution in [0.4, 0.5) is 0 Å². The first-order chi connectivity index (χ1) is 14.2. The number of aliphatic hydroxyl groups is 1. The molecule has 0 radical (unpaired) electrons. The van der Waals surface area contributed by atoms with Crippen molar-refractivity contribution in [3.63, 3.8) is 0 Å². The van der Waals surface area contributed by atoms with Crippen LogP contribution in [0, 0.1) is 0 Å². The van der Waals surface area contributed by atoms with E-state index in [1.165, 1.54) is 31.0 Å². The lowest BCUT2D eigenvalue weighted by Gasteiger charge is -2.25. The van der Waals surface area contributed by atoms with Crippen LogP contribution in [0.1, 0.15) is 38.1 Å². The molecule has 1 aliphatic rings. The van der Waals surface area contributed by atoms with Crippen molar-refractivity contribution in [1.29, 1.82) is 0 Å². The van der Waals surface area contributed by atoms with E-state index in [1.54, 1.807) is 6.26 Å². The molecule has 154 valence electrons. The van der Waals surface area contributed by atoms with Gasteiger partial charge in [-0.1, -0.05) is 53.0 Å². The summed E-state index contributed by atoms with van der Waals surface area (Å²) in [5.41, 5.74) is 0. The largest absolute Gasteiger partial charge is 0.491 e. The molecule has 0 bridgehead atoms. The molecule has 0 spiro atoms. The lowest BCUT2D eigenvalue weighted by Crippen LogP contribution is -2.21. The lowest BCUT2D eigenvalue weighted by atomic mass is 9.95. The molecule has 2 aromatic heterocycles. The average Bonchev–Trinajstić information content (AvgIpc) is 3.41. The SMILES string of the molecule is OC(COc1cccc(Br)c1)CSc1nnc(-c2ccco2)n1C1CCCCC1. The third-order valence-electron chi connectivity index (χ3n) is 4.99. The number of nitrogens with zero attached hydrogens (tertiary/aromatic N) is 3. The van der Waals surface area contributed by atoms with Gasteiger partial charge in [-0.3, -0.25) is 4.57 Å². The standard InChI is InChI=1S/C21H24BrN3O3S/c22-15-6-4-9-18(12-15)28-13-17(26)14-29-21-24-23-20(19-10-5-11-27-19)25(21)16-7-2-1-3-8-16/h4-6,9-12,16-17,26H,1-3,7-8,13-14H2. The van der Waals surface area contributed by atoms with Crippen molar-refractivity contribution in [3.8, 4) is 17.3 Å². The highest BCUT2D eigenvalue weighted by molar-refractivity contribution is 9.10. The maximum atomic E-state index is 10.4. The minimum atomic E-state index is -0.609. The zero-order valence-electron chi connectivity index (χ0n) is 16.0. The molecule has 4 rings (SSSR count). The highest BCUT2D eigenvalue weighted by atomic mass is 79.9. The fourth-order valence-electron chi connectivity index (χ4n) is 3.59. The number of thioether (sulfide) groups is 1. The number of halogens is 1. The third-order valence-corrected chi connectivity index (χ3v) is 6.57. The molecule has 2 heterocycles. The van der Waals surface area contributed by atoms with Gasteiger partial charge in [0.25, 0.3) is 0 Å². The van der Waals surface area contributed by atoms with Crippen molar-refractivity contribution in [3.05, 3.63) is 47.1 Å². The Hall–Kier alpha value is -1.77. The molecule has 0 amide bonds. The van der Waals surface area contributed by atoms with Gasteiger partial charge in [0.15, 0.2) is 10.9 Å². The minimum Gasteiger partial charge on any atom is -0.491 e. The average molecular weight is 478 g/mol. The van der Waals surface area contributed by atoms with Crippen molar-refractivity contribution in [2.75, 3.05) is 12.4 Å². The first-order valence-corrected chi connectivity index (χ1v) is 11.7. The Bertz CT molecular complexity index is 910. The molecule has 1 saturated carbocycles. The van der Waals surface area contributed by atoms with E-state index in [4.69, 9.17) is 9.15 Å². The van der Waals surface area contributed by atoms with Gasteiger partial charge in [0.1, 0.15) is 12.4 Å². The molecule has 1 fully saturated rings. The van der Waals surface area contributed by atoms with E-state index < -0.39 is 6.10 Å². The van der Waals surface area contributed by atoms with Crippen molar-refractivity contribution in [2.45, 2.75) is 49.4 Å². The predicted octanol–water partition coefficient (Wildman–Crippen LogP) is 5.34. The number of furan rings is 1. The second-order valence-corrected chi connectivity index (χ2v) is 9.08. The van der Waals surface area contributed by atoms with E-state index in [0.717, 1.165) is 39.8 Å². The van der Waals surface area contributed by atoms with E-state index in [-0.39, 0.29) is 6.61 Å². The molecular formula is C21H24BrN3O3S. The summed E-state index contributed by atoms with van der Waals surface area (Å²) in [5, 5.41) is 20.0. The highest BCUT2D eigenvalue weighted by Crippen LogP contribution is 2.35. The van der Waals surface area contributed by atoms with E-state index in [0.29, 0.717) is 11.8 Å². The van der Waals surface area contributed by atoms with E-state index in [2.05, 4.69) is 30.7 Å². The summed E-state index contributed by atoms with van der Waals surface area (Å²) < 4.78 is 14.4. The molecule has 1 atom stereocenters. The summed E-state index contributed by atoms with van der Waals surface area (Å²) in [4.78, 5) is 0. The van der Waals surface area contributed by atoms with Crippen LogP contribution >= 0.6 is 27.7 Å². The Balaban J connectivity index is 1.42. The lowest BCUT2D eigenvalue weighted by molar-refractivity contribution is 0.126. The van der Waals surface area contributed by atoms with E-state index in [9.17, 15) is 5.11 Å². The first-order valence-electron chi connectivity index (χ1n) is 9.88. The number of hydrogen-bond donors (Lipinski definition) is 1. The van der Waals surface area contributed by atoms with Gasteiger partial charge in [-0.15, -0.1) is 10.2 Å². The number of aliphatic hydroxyl groups excluding tert-OH is 1. The highest BCUT2D eigenvalue weighted by Gasteiger charge is 2.25. The van der Waals surface area contributed by atoms with Gasteiger partial charge in [-0.05, 0) is 43.2 Å². The van der Waals surface area contributed by atoms with Gasteiger partial charge >= 0.3 is 0 Å². The van der Waals surface area contributed by atoms with Crippen molar-refractivity contribution < 1.29 is 14.3 Å². The van der Waals surface area contributed by atoms with Crippen LogP contribution in [0.2, 0.25) is 0 Å². The normalized spacial score (nSPS) is 16.1. The Kier molecular flexibility index (Phi) is 6.94. The van der Waals surface area contributed by atoms with Crippen molar-refractivity contribution in [1.82, 2.24) is 14.8 Å². The number of rotatable bonds is 8. The van der Waals surface area contributed by atoms with Crippen molar-refractivity contribution in [2.24, 2.45) is 0 Å². The van der Waals surface area contributed by atoms with Crippen LogP contribution < -0.4 is 4.74 Å². The number of benzene rings is 1. The quantitative estimate of drug-likeness (QED) is 0.441. The first kappa shape index (κ1) is 20.5. The molecule has 6 nitrogen and oxygen atoms in total. The Labute approximate surface area is 182 Å². The van der Waals surface area contributed by atoms with Gasteiger partial charge in [0.2, 0.25) is 5.82 Å². The summed E-state index contributed by atoms with van der Waals surface area (Å²) in [6, 6.07) is 11.8. The van der Waals surface area contributed by atoms with E-state index >= 15 is 0 Å². The summed E-state index contributed by atoms with van der Waals surface area (Å²) in [5.74, 6) is 2.71. The Morgan fingerprint density at radius 3 is 2.83 bits per heavy atom.